The molecule has 0 spiro atoms. The van der Waals surface area contributed by atoms with Crippen molar-refractivity contribution in [2.45, 2.75) is 44.2 Å². The molecule has 0 saturated carbocycles. The molecule has 4 atom stereocenters. The van der Waals surface area contributed by atoms with Gasteiger partial charge in [0.1, 0.15) is 18.0 Å². The third kappa shape index (κ3) is 3.33. The van der Waals surface area contributed by atoms with Gasteiger partial charge in [-0.2, -0.15) is 0 Å². The lowest BCUT2D eigenvalue weighted by atomic mass is 9.98. The van der Waals surface area contributed by atoms with Crippen LogP contribution in [0.5, 0.6) is 0 Å². The van der Waals surface area contributed by atoms with Crippen LogP contribution in [0.4, 0.5) is 5.69 Å². The highest BCUT2D eigenvalue weighted by Crippen LogP contribution is 2.28. The Balaban J connectivity index is 1.52. The zero-order valence-corrected chi connectivity index (χ0v) is 15.0. The third-order valence-corrected chi connectivity index (χ3v) is 5.24. The topological polar surface area (TPSA) is 105 Å². The van der Waals surface area contributed by atoms with Crippen molar-refractivity contribution in [3.8, 4) is 0 Å². The lowest BCUT2D eigenvalue weighted by Crippen LogP contribution is -2.43. The van der Waals surface area contributed by atoms with Crippen LogP contribution in [0, 0.1) is 0 Å². The molecule has 27 heavy (non-hydrogen) atoms. The summed E-state index contributed by atoms with van der Waals surface area (Å²) < 4.78 is 7.31. The third-order valence-electron chi connectivity index (χ3n) is 5.24. The van der Waals surface area contributed by atoms with Crippen molar-refractivity contribution < 1.29 is 14.6 Å². The van der Waals surface area contributed by atoms with E-state index in [9.17, 15) is 14.7 Å². The van der Waals surface area contributed by atoms with Crippen LogP contribution in [-0.2, 0) is 16.0 Å². The Labute approximate surface area is 156 Å². The fourth-order valence-electron chi connectivity index (χ4n) is 3.62. The minimum atomic E-state index is -1.07. The van der Waals surface area contributed by atoms with Crippen molar-refractivity contribution in [3.05, 3.63) is 58.3 Å². The molecule has 3 N–H and O–H groups in total. The quantitative estimate of drug-likeness (QED) is 0.745. The Kier molecular flexibility index (Phi) is 4.67. The number of anilines is 1. The molecular formula is C19H22N4O4. The van der Waals surface area contributed by atoms with Gasteiger partial charge in [-0.05, 0) is 25.3 Å². The van der Waals surface area contributed by atoms with Crippen LogP contribution < -0.4 is 16.2 Å². The van der Waals surface area contributed by atoms with Crippen LogP contribution in [0.2, 0.25) is 0 Å². The van der Waals surface area contributed by atoms with Crippen LogP contribution in [0.3, 0.4) is 0 Å². The standard InChI is InChI=1S/C19H22N4O4/c1-11(19(25)26)23-10-21-14-8-7-13(22-16(14)18(23)24)15-9-20-17(27-15)12-5-3-2-4-6-12/h2-6,10-11,13,15,17,20,22H,7-9H2,1H3,(H,25,26)/t11-,13?,15?,17?/m1/s1. The van der Waals surface area contributed by atoms with E-state index in [-0.39, 0.29) is 23.9 Å². The van der Waals surface area contributed by atoms with Gasteiger partial charge >= 0.3 is 5.97 Å². The summed E-state index contributed by atoms with van der Waals surface area (Å²) in [5.74, 6) is -1.07. The molecule has 2 aliphatic heterocycles. The van der Waals surface area contributed by atoms with Gasteiger partial charge in [-0.25, -0.2) is 9.78 Å². The maximum atomic E-state index is 12.7. The van der Waals surface area contributed by atoms with E-state index in [1.807, 2.05) is 30.3 Å². The summed E-state index contributed by atoms with van der Waals surface area (Å²) in [4.78, 5) is 28.3. The van der Waals surface area contributed by atoms with E-state index >= 15 is 0 Å². The van der Waals surface area contributed by atoms with Crippen LogP contribution in [0.25, 0.3) is 0 Å². The Morgan fingerprint density at radius 1 is 1.37 bits per heavy atom. The molecule has 1 aromatic heterocycles. The molecule has 2 aromatic rings. The average molecular weight is 370 g/mol. The highest BCUT2D eigenvalue weighted by Gasteiger charge is 2.35. The van der Waals surface area contributed by atoms with Crippen molar-refractivity contribution in [3.63, 3.8) is 0 Å². The number of aliphatic carboxylic acids is 1. The predicted molar refractivity (Wildman–Crippen MR) is 98.6 cm³/mol. The number of carboxylic acids is 1. The fourth-order valence-corrected chi connectivity index (χ4v) is 3.62. The summed E-state index contributed by atoms with van der Waals surface area (Å²) in [6.07, 6.45) is 2.51. The van der Waals surface area contributed by atoms with Crippen molar-refractivity contribution in [1.82, 2.24) is 14.9 Å². The second-order valence-electron chi connectivity index (χ2n) is 6.96. The summed E-state index contributed by atoms with van der Waals surface area (Å²) in [5, 5.41) is 15.8. The van der Waals surface area contributed by atoms with E-state index in [1.165, 1.54) is 13.3 Å². The van der Waals surface area contributed by atoms with Crippen molar-refractivity contribution >= 4 is 11.7 Å². The molecule has 8 heteroatoms. The summed E-state index contributed by atoms with van der Waals surface area (Å²) in [6, 6.07) is 8.93. The van der Waals surface area contributed by atoms with E-state index in [0.717, 1.165) is 16.6 Å². The molecule has 0 aliphatic carbocycles. The lowest BCUT2D eigenvalue weighted by molar-refractivity contribution is -0.140. The smallest absolute Gasteiger partial charge is 0.326 e. The number of nitrogens with zero attached hydrogens (tertiary/aromatic N) is 2. The first-order valence-corrected chi connectivity index (χ1v) is 9.07. The minimum absolute atomic E-state index is 0.0378. The molecule has 2 aliphatic rings. The molecule has 3 unspecified atom stereocenters. The van der Waals surface area contributed by atoms with Crippen LogP contribution >= 0.6 is 0 Å². The van der Waals surface area contributed by atoms with Gasteiger partial charge in [0.15, 0.2) is 0 Å². The van der Waals surface area contributed by atoms with Crippen molar-refractivity contribution in [2.24, 2.45) is 0 Å². The van der Waals surface area contributed by atoms with Crippen molar-refractivity contribution in [1.29, 1.82) is 0 Å². The number of benzene rings is 1. The summed E-state index contributed by atoms with van der Waals surface area (Å²) in [6.45, 7) is 2.14. The Morgan fingerprint density at radius 2 is 2.15 bits per heavy atom. The van der Waals surface area contributed by atoms with Gasteiger partial charge in [0.05, 0.1) is 24.2 Å². The normalized spacial score (nSPS) is 25.4. The molecule has 3 heterocycles. The molecule has 142 valence electrons. The lowest BCUT2D eigenvalue weighted by Gasteiger charge is -2.30. The first-order chi connectivity index (χ1) is 13.0. The summed E-state index contributed by atoms with van der Waals surface area (Å²) in [7, 11) is 0. The number of aromatic nitrogens is 2. The number of aryl methyl sites for hydroxylation is 1. The summed E-state index contributed by atoms with van der Waals surface area (Å²) >= 11 is 0. The molecular weight excluding hydrogens is 348 g/mol. The molecule has 0 bridgehead atoms. The Hall–Kier alpha value is -2.71. The average Bonchev–Trinajstić information content (AvgIpc) is 3.18. The van der Waals surface area contributed by atoms with E-state index < -0.39 is 12.0 Å². The number of fused-ring (bicyclic) bond motifs is 1. The van der Waals surface area contributed by atoms with Gasteiger partial charge in [0.2, 0.25) is 0 Å². The molecule has 8 nitrogen and oxygen atoms in total. The SMILES string of the molecule is C[C@H](C(=O)O)n1cnc2c(c1=O)NC(C1CNC(c3ccccc3)O1)CC2. The molecule has 0 radical (unpaired) electrons. The number of hydrogen-bond acceptors (Lipinski definition) is 6. The fraction of sp³-hybridized carbons (Fsp3) is 0.421. The molecule has 1 aromatic carbocycles. The van der Waals surface area contributed by atoms with E-state index in [4.69, 9.17) is 4.74 Å². The Morgan fingerprint density at radius 3 is 2.89 bits per heavy atom. The van der Waals surface area contributed by atoms with Gasteiger partial charge in [-0.1, -0.05) is 30.3 Å². The minimum Gasteiger partial charge on any atom is -0.480 e. The van der Waals surface area contributed by atoms with Crippen LogP contribution in [0.1, 0.15) is 36.9 Å². The zero-order chi connectivity index (χ0) is 19.0. The zero-order valence-electron chi connectivity index (χ0n) is 15.0. The van der Waals surface area contributed by atoms with E-state index in [1.54, 1.807) is 0 Å². The summed E-state index contributed by atoms with van der Waals surface area (Å²) in [5.41, 5.74) is 1.77. The maximum Gasteiger partial charge on any atom is 0.326 e. The highest BCUT2D eigenvalue weighted by molar-refractivity contribution is 5.71. The number of hydrogen-bond donors (Lipinski definition) is 3. The number of carbonyl (C=O) groups is 1. The van der Waals surface area contributed by atoms with Crippen molar-refractivity contribution in [2.75, 3.05) is 11.9 Å². The van der Waals surface area contributed by atoms with Gasteiger partial charge in [-0.15, -0.1) is 0 Å². The number of ether oxygens (including phenoxy) is 1. The number of rotatable bonds is 4. The van der Waals surface area contributed by atoms with Gasteiger partial charge in [0, 0.05) is 6.54 Å². The molecule has 1 fully saturated rings. The molecule has 0 amide bonds. The second-order valence-corrected chi connectivity index (χ2v) is 6.96. The van der Waals surface area contributed by atoms with E-state index in [0.29, 0.717) is 24.3 Å². The second kappa shape index (κ2) is 7.13. The van der Waals surface area contributed by atoms with E-state index in [2.05, 4.69) is 15.6 Å². The first-order valence-electron chi connectivity index (χ1n) is 9.07. The maximum absolute atomic E-state index is 12.7. The van der Waals surface area contributed by atoms with Gasteiger partial charge < -0.3 is 15.2 Å². The van der Waals surface area contributed by atoms with Crippen LogP contribution in [0.15, 0.2) is 41.5 Å². The number of carboxylic acid groups (broad SMARTS) is 1. The first kappa shape index (κ1) is 17.7. The number of nitrogens with one attached hydrogen (secondary N) is 2. The largest absolute Gasteiger partial charge is 0.480 e. The molecule has 4 rings (SSSR count). The Bertz CT molecular complexity index is 898. The van der Waals surface area contributed by atoms with Gasteiger partial charge in [-0.3, -0.25) is 14.7 Å². The monoisotopic (exact) mass is 370 g/mol. The highest BCUT2D eigenvalue weighted by atomic mass is 16.5. The van der Waals surface area contributed by atoms with Gasteiger partial charge in [0.25, 0.3) is 5.56 Å². The predicted octanol–water partition coefficient (Wildman–Crippen LogP) is 1.30. The molecule has 1 saturated heterocycles. The van der Waals surface area contributed by atoms with Crippen LogP contribution in [-0.4, -0.2) is 39.3 Å².